The normalized spacial score (nSPS) is 11.8. The van der Waals surface area contributed by atoms with Crippen LogP contribution >= 0.6 is 0 Å². The molecule has 0 bridgehead atoms. The lowest BCUT2D eigenvalue weighted by molar-refractivity contribution is -0.384. The molecule has 6 rings (SSSR count). The number of ether oxygens (including phenoxy) is 5. The number of anilines is 1. The molecule has 77 heavy (non-hydrogen) atoms. The highest BCUT2D eigenvalue weighted by atomic mass is 16.7. The van der Waals surface area contributed by atoms with E-state index in [4.69, 9.17) is 23.7 Å². The molecule has 0 aliphatic rings. The molecular weight excluding hydrogens is 985 g/mol. The van der Waals surface area contributed by atoms with Gasteiger partial charge in [0.05, 0.1) is 37.4 Å². The van der Waals surface area contributed by atoms with Crippen molar-refractivity contribution in [2.24, 2.45) is 0 Å². The Hall–Kier alpha value is -8.45. The summed E-state index contributed by atoms with van der Waals surface area (Å²) in [6.45, 7) is 4.20. The Morgan fingerprint density at radius 3 is 1.82 bits per heavy atom. The molecule has 2 atom stereocenters. The number of rotatable bonds is 31. The minimum Gasteiger partial charge on any atom is -0.497 e. The van der Waals surface area contributed by atoms with E-state index < -0.39 is 46.4 Å². The van der Waals surface area contributed by atoms with Gasteiger partial charge in [-0.15, -0.1) is 0 Å². The highest BCUT2D eigenvalue weighted by Gasteiger charge is 2.36. The molecule has 18 heteroatoms. The Morgan fingerprint density at radius 2 is 1.19 bits per heavy atom. The fourth-order valence-electron chi connectivity index (χ4n) is 8.40. The summed E-state index contributed by atoms with van der Waals surface area (Å²) >= 11 is 0. The first-order valence-corrected chi connectivity index (χ1v) is 25.5. The van der Waals surface area contributed by atoms with E-state index in [1.165, 1.54) is 24.3 Å². The molecule has 4 amide bonds. The Balaban J connectivity index is 1.15. The van der Waals surface area contributed by atoms with Crippen molar-refractivity contribution in [1.82, 2.24) is 21.3 Å². The fourth-order valence-corrected chi connectivity index (χ4v) is 8.40. The number of carbonyl (C=O) groups is 5. The van der Waals surface area contributed by atoms with Crippen molar-refractivity contribution in [2.45, 2.75) is 69.7 Å². The lowest BCUT2D eigenvalue weighted by Crippen LogP contribution is -2.53. The number of hydrogen-bond acceptors (Lipinski definition) is 13. The standard InChI is InChI=1S/C59H66N6O12/c1-3-74-39-40-75-38-37-60-54(66)34-35-55(67)63-53(41-43-15-7-4-8-16-43)57(69)64-52(56(68)62-48-26-22-44(23-27-48)42-76-58(70)77-51-32-28-49(29-33-51)65(71)72)21-13-14-36-61-59(45-17-9-5-10-18-45,46-19-11-6-12-20-46)47-24-30-50(73-2)31-25-47/h4-12,15-20,22-33,52-53,61H,3,13-14,21,34-42H2,1-2H3,(H,60,66)(H,62,68)(H,63,67)(H,64,69)/t52-,53-/m0/s1. The number of amides is 4. The highest BCUT2D eigenvalue weighted by Crippen LogP contribution is 2.37. The lowest BCUT2D eigenvalue weighted by Gasteiger charge is -2.37. The summed E-state index contributed by atoms with van der Waals surface area (Å²) in [4.78, 5) is 77.6. The van der Waals surface area contributed by atoms with Crippen LogP contribution in [0.25, 0.3) is 0 Å². The van der Waals surface area contributed by atoms with E-state index in [2.05, 4.69) is 50.8 Å². The summed E-state index contributed by atoms with van der Waals surface area (Å²) in [6, 6.07) is 46.8. The molecular formula is C59H66N6O12. The zero-order valence-corrected chi connectivity index (χ0v) is 43.3. The number of carbonyl (C=O) groups excluding carboxylic acids is 5. The molecule has 0 radical (unpaired) electrons. The molecule has 0 aromatic heterocycles. The van der Waals surface area contributed by atoms with Gasteiger partial charge < -0.3 is 45.0 Å². The molecule has 0 aliphatic carbocycles. The molecule has 0 spiro atoms. The van der Waals surface area contributed by atoms with Gasteiger partial charge >= 0.3 is 6.16 Å². The monoisotopic (exact) mass is 1050 g/mol. The van der Waals surface area contributed by atoms with E-state index in [1.54, 1.807) is 31.4 Å². The first-order valence-electron chi connectivity index (χ1n) is 25.5. The molecule has 6 aromatic carbocycles. The maximum atomic E-state index is 14.4. The topological polar surface area (TPSA) is 235 Å². The second-order valence-electron chi connectivity index (χ2n) is 17.7. The number of benzene rings is 6. The van der Waals surface area contributed by atoms with Crippen LogP contribution in [-0.2, 0) is 52.0 Å². The van der Waals surface area contributed by atoms with Gasteiger partial charge in [0.1, 0.15) is 30.2 Å². The Kier molecular flexibility index (Phi) is 23.1. The zero-order chi connectivity index (χ0) is 54.7. The SMILES string of the molecule is CCOCCOCCNC(=O)CCC(=O)N[C@@H](Cc1ccccc1)C(=O)N[C@@H](CCCCNC(c1ccccc1)(c1ccccc1)c1ccc(OC)cc1)C(=O)Nc1ccc(COC(=O)Oc2ccc([N+](=O)[O-])cc2)cc1. The molecule has 0 aliphatic heterocycles. The molecule has 0 unspecified atom stereocenters. The summed E-state index contributed by atoms with van der Waals surface area (Å²) in [6.07, 6.45) is 0.0874. The van der Waals surface area contributed by atoms with E-state index in [0.29, 0.717) is 50.5 Å². The van der Waals surface area contributed by atoms with Gasteiger partial charge in [0.2, 0.25) is 23.6 Å². The van der Waals surface area contributed by atoms with Gasteiger partial charge in [-0.3, -0.25) is 34.6 Å². The number of hydrogen-bond donors (Lipinski definition) is 5. The predicted octanol–water partition coefficient (Wildman–Crippen LogP) is 8.17. The Morgan fingerprint density at radius 1 is 0.597 bits per heavy atom. The predicted molar refractivity (Wildman–Crippen MR) is 290 cm³/mol. The van der Waals surface area contributed by atoms with Gasteiger partial charge in [-0.05, 0) is 96.9 Å². The third-order valence-corrected chi connectivity index (χ3v) is 12.4. The number of methoxy groups -OCH3 is 1. The van der Waals surface area contributed by atoms with Crippen LogP contribution < -0.4 is 36.1 Å². The van der Waals surface area contributed by atoms with E-state index in [-0.39, 0.29) is 62.8 Å². The molecule has 0 heterocycles. The zero-order valence-electron chi connectivity index (χ0n) is 43.3. The summed E-state index contributed by atoms with van der Waals surface area (Å²) in [5.41, 5.74) is 3.83. The van der Waals surface area contributed by atoms with Crippen LogP contribution in [0.2, 0.25) is 0 Å². The Bertz CT molecular complexity index is 2750. The van der Waals surface area contributed by atoms with Crippen molar-refractivity contribution in [1.29, 1.82) is 0 Å². The van der Waals surface area contributed by atoms with Gasteiger partial charge in [-0.2, -0.15) is 0 Å². The molecule has 0 saturated carbocycles. The Labute approximate surface area is 448 Å². The average Bonchev–Trinajstić information content (AvgIpc) is 3.46. The molecule has 0 saturated heterocycles. The smallest absolute Gasteiger partial charge is 0.497 e. The second kappa shape index (κ2) is 30.8. The second-order valence-corrected chi connectivity index (χ2v) is 17.7. The van der Waals surface area contributed by atoms with Crippen molar-refractivity contribution in [3.05, 3.63) is 202 Å². The first kappa shape index (κ1) is 57.8. The third-order valence-electron chi connectivity index (χ3n) is 12.4. The first-order chi connectivity index (χ1) is 37.5. The summed E-state index contributed by atoms with van der Waals surface area (Å²) < 4.78 is 26.6. The fraction of sp³-hybridized carbons (Fsp3) is 0.305. The minimum atomic E-state index is -1.10. The number of nitrogens with zero attached hydrogens (tertiary/aromatic N) is 1. The van der Waals surface area contributed by atoms with Crippen molar-refractivity contribution >= 4 is 41.2 Å². The largest absolute Gasteiger partial charge is 0.514 e. The van der Waals surface area contributed by atoms with E-state index in [0.717, 1.165) is 28.0 Å². The van der Waals surface area contributed by atoms with Crippen molar-refractivity contribution < 1.29 is 52.6 Å². The number of nitro groups is 1. The van der Waals surface area contributed by atoms with Crippen LogP contribution in [0.1, 0.15) is 66.8 Å². The summed E-state index contributed by atoms with van der Waals surface area (Å²) in [5.74, 6) is -1.17. The summed E-state index contributed by atoms with van der Waals surface area (Å²) in [5, 5.41) is 26.3. The van der Waals surface area contributed by atoms with E-state index in [9.17, 15) is 34.1 Å². The van der Waals surface area contributed by atoms with Crippen molar-refractivity contribution in [3.8, 4) is 11.5 Å². The number of nitrogens with one attached hydrogen (secondary N) is 5. The highest BCUT2D eigenvalue weighted by molar-refractivity contribution is 5.98. The van der Waals surface area contributed by atoms with Crippen LogP contribution in [0.5, 0.6) is 11.5 Å². The summed E-state index contributed by atoms with van der Waals surface area (Å²) in [7, 11) is 1.63. The quantitative estimate of drug-likeness (QED) is 0.00691. The lowest BCUT2D eigenvalue weighted by atomic mass is 9.77. The van der Waals surface area contributed by atoms with Crippen LogP contribution in [0, 0.1) is 10.1 Å². The van der Waals surface area contributed by atoms with Gasteiger partial charge in [0, 0.05) is 50.2 Å². The van der Waals surface area contributed by atoms with Crippen LogP contribution in [-0.4, -0.2) is 93.4 Å². The number of nitro benzene ring substituents is 1. The van der Waals surface area contributed by atoms with Gasteiger partial charge in [-0.25, -0.2) is 4.79 Å². The molecule has 404 valence electrons. The molecule has 6 aromatic rings. The minimum absolute atomic E-state index is 0.0676. The van der Waals surface area contributed by atoms with Gasteiger partial charge in [0.25, 0.3) is 5.69 Å². The molecule has 18 nitrogen and oxygen atoms in total. The van der Waals surface area contributed by atoms with Crippen LogP contribution in [0.15, 0.2) is 164 Å². The molecule has 0 fully saturated rings. The van der Waals surface area contributed by atoms with Crippen molar-refractivity contribution in [2.75, 3.05) is 51.9 Å². The third kappa shape index (κ3) is 18.4. The number of non-ortho nitro benzene ring substituents is 1. The number of unbranched alkanes of at least 4 members (excludes halogenated alkanes) is 1. The van der Waals surface area contributed by atoms with Gasteiger partial charge in [-0.1, -0.05) is 115 Å². The van der Waals surface area contributed by atoms with Crippen molar-refractivity contribution in [3.63, 3.8) is 0 Å². The molecule has 5 N–H and O–H groups in total. The average molecular weight is 1050 g/mol. The van der Waals surface area contributed by atoms with Crippen LogP contribution in [0.3, 0.4) is 0 Å². The van der Waals surface area contributed by atoms with E-state index >= 15 is 0 Å². The maximum absolute atomic E-state index is 14.4. The maximum Gasteiger partial charge on any atom is 0.514 e. The van der Waals surface area contributed by atoms with Crippen LogP contribution in [0.4, 0.5) is 16.2 Å². The van der Waals surface area contributed by atoms with E-state index in [1.807, 2.05) is 97.9 Å². The van der Waals surface area contributed by atoms with Gasteiger partial charge in [0.15, 0.2) is 0 Å².